The van der Waals surface area contributed by atoms with Gasteiger partial charge in [0.15, 0.2) is 0 Å². The quantitative estimate of drug-likeness (QED) is 0.819. The summed E-state index contributed by atoms with van der Waals surface area (Å²) in [6.45, 7) is 2.17. The van der Waals surface area contributed by atoms with Crippen molar-refractivity contribution in [3.8, 4) is 0 Å². The molecule has 88 valence electrons. The van der Waals surface area contributed by atoms with Crippen molar-refractivity contribution in [2.75, 3.05) is 0 Å². The highest BCUT2D eigenvalue weighted by atomic mass is 16.3. The van der Waals surface area contributed by atoms with E-state index in [0.717, 1.165) is 31.2 Å². The zero-order valence-corrected chi connectivity index (χ0v) is 9.95. The van der Waals surface area contributed by atoms with E-state index in [0.29, 0.717) is 6.42 Å². The second-order valence-electron chi connectivity index (χ2n) is 4.98. The van der Waals surface area contributed by atoms with E-state index in [4.69, 9.17) is 5.73 Å². The average Bonchev–Trinajstić information content (AvgIpc) is 2.61. The molecule has 2 atom stereocenters. The van der Waals surface area contributed by atoms with Crippen molar-refractivity contribution in [2.24, 2.45) is 5.73 Å². The summed E-state index contributed by atoms with van der Waals surface area (Å²) in [7, 11) is 0. The fraction of sp³-hybridized carbons (Fsp3) is 0.571. The number of hydrogen-bond acceptors (Lipinski definition) is 2. The Morgan fingerprint density at radius 2 is 2.31 bits per heavy atom. The van der Waals surface area contributed by atoms with Gasteiger partial charge in [0.1, 0.15) is 0 Å². The minimum absolute atomic E-state index is 0.153. The molecule has 0 radical (unpaired) electrons. The number of benzene rings is 1. The molecular weight excluding hydrogens is 198 g/mol. The summed E-state index contributed by atoms with van der Waals surface area (Å²) < 4.78 is 0. The Kier molecular flexibility index (Phi) is 3.31. The maximum absolute atomic E-state index is 10.5. The van der Waals surface area contributed by atoms with Crippen LogP contribution < -0.4 is 5.73 Å². The van der Waals surface area contributed by atoms with E-state index in [1.54, 1.807) is 0 Å². The van der Waals surface area contributed by atoms with Gasteiger partial charge >= 0.3 is 0 Å². The summed E-state index contributed by atoms with van der Waals surface area (Å²) in [5.74, 6) is 0. The second kappa shape index (κ2) is 4.56. The SMILES string of the molecule is CCCc1cccc(C2(O)CCC(N)C2)c1. The zero-order chi connectivity index (χ0) is 11.6. The van der Waals surface area contributed by atoms with Crippen LogP contribution in [0.15, 0.2) is 24.3 Å². The Morgan fingerprint density at radius 3 is 2.94 bits per heavy atom. The Morgan fingerprint density at radius 1 is 1.50 bits per heavy atom. The van der Waals surface area contributed by atoms with Crippen LogP contribution in [-0.4, -0.2) is 11.1 Å². The topological polar surface area (TPSA) is 46.2 Å². The molecule has 1 saturated carbocycles. The third-order valence-corrected chi connectivity index (χ3v) is 3.53. The van der Waals surface area contributed by atoms with Gasteiger partial charge in [0.2, 0.25) is 0 Å². The first-order chi connectivity index (χ1) is 7.64. The summed E-state index contributed by atoms with van der Waals surface area (Å²) in [5.41, 5.74) is 7.57. The molecule has 0 spiro atoms. The first-order valence-electron chi connectivity index (χ1n) is 6.21. The fourth-order valence-electron chi connectivity index (χ4n) is 2.63. The summed E-state index contributed by atoms with van der Waals surface area (Å²) in [6.07, 6.45) is 4.64. The molecule has 16 heavy (non-hydrogen) atoms. The van der Waals surface area contributed by atoms with Crippen LogP contribution in [0.1, 0.15) is 43.7 Å². The van der Waals surface area contributed by atoms with Crippen LogP contribution in [0.3, 0.4) is 0 Å². The van der Waals surface area contributed by atoms with Gasteiger partial charge in [0.25, 0.3) is 0 Å². The molecule has 0 bridgehead atoms. The lowest BCUT2D eigenvalue weighted by Gasteiger charge is -2.23. The largest absolute Gasteiger partial charge is 0.385 e. The first-order valence-corrected chi connectivity index (χ1v) is 6.21. The van der Waals surface area contributed by atoms with E-state index in [2.05, 4.69) is 19.1 Å². The Bertz CT molecular complexity index is 364. The predicted molar refractivity (Wildman–Crippen MR) is 66.2 cm³/mol. The van der Waals surface area contributed by atoms with Crippen LogP contribution in [-0.2, 0) is 12.0 Å². The molecule has 0 aromatic heterocycles. The van der Waals surface area contributed by atoms with Crippen LogP contribution in [0.2, 0.25) is 0 Å². The molecule has 2 nitrogen and oxygen atoms in total. The summed E-state index contributed by atoms with van der Waals surface area (Å²) in [5, 5.41) is 10.5. The fourth-order valence-corrected chi connectivity index (χ4v) is 2.63. The van der Waals surface area contributed by atoms with Crippen LogP contribution in [0.4, 0.5) is 0 Å². The van der Waals surface area contributed by atoms with Gasteiger partial charge in [-0.15, -0.1) is 0 Å². The first kappa shape index (κ1) is 11.6. The van der Waals surface area contributed by atoms with E-state index < -0.39 is 5.60 Å². The summed E-state index contributed by atoms with van der Waals surface area (Å²) in [4.78, 5) is 0. The highest BCUT2D eigenvalue weighted by Gasteiger charge is 2.37. The van der Waals surface area contributed by atoms with Gasteiger partial charge in [0.05, 0.1) is 5.60 Å². The number of aryl methyl sites for hydroxylation is 1. The van der Waals surface area contributed by atoms with Gasteiger partial charge in [-0.1, -0.05) is 37.6 Å². The van der Waals surface area contributed by atoms with Crippen molar-refractivity contribution < 1.29 is 5.11 Å². The average molecular weight is 219 g/mol. The van der Waals surface area contributed by atoms with Gasteiger partial charge in [-0.05, 0) is 36.8 Å². The molecule has 0 heterocycles. The molecule has 1 fully saturated rings. The lowest BCUT2D eigenvalue weighted by atomic mass is 9.90. The standard InChI is InChI=1S/C14H21NO/c1-2-4-11-5-3-6-12(9-11)14(16)8-7-13(15)10-14/h3,5-6,9,13,16H,2,4,7-8,10,15H2,1H3. The number of nitrogens with two attached hydrogens (primary N) is 1. The maximum Gasteiger partial charge on any atom is 0.0912 e. The number of rotatable bonds is 3. The van der Waals surface area contributed by atoms with Crippen molar-refractivity contribution in [1.29, 1.82) is 0 Å². The Labute approximate surface area is 97.5 Å². The van der Waals surface area contributed by atoms with Crippen LogP contribution in [0.25, 0.3) is 0 Å². The van der Waals surface area contributed by atoms with E-state index >= 15 is 0 Å². The highest BCUT2D eigenvalue weighted by Crippen LogP contribution is 2.38. The van der Waals surface area contributed by atoms with Crippen molar-refractivity contribution in [3.05, 3.63) is 35.4 Å². The lowest BCUT2D eigenvalue weighted by molar-refractivity contribution is 0.0430. The van der Waals surface area contributed by atoms with E-state index in [1.165, 1.54) is 5.56 Å². The Balaban J connectivity index is 2.22. The van der Waals surface area contributed by atoms with Crippen LogP contribution in [0.5, 0.6) is 0 Å². The van der Waals surface area contributed by atoms with Crippen molar-refractivity contribution in [2.45, 2.75) is 50.7 Å². The summed E-state index contributed by atoms with van der Waals surface area (Å²) in [6, 6.07) is 8.49. The van der Waals surface area contributed by atoms with Crippen LogP contribution in [0, 0.1) is 0 Å². The normalized spacial score (nSPS) is 29.6. The molecule has 1 aromatic rings. The van der Waals surface area contributed by atoms with Gasteiger partial charge in [-0.2, -0.15) is 0 Å². The zero-order valence-electron chi connectivity index (χ0n) is 9.95. The monoisotopic (exact) mass is 219 g/mol. The number of hydrogen-bond donors (Lipinski definition) is 2. The van der Waals surface area contributed by atoms with Gasteiger partial charge < -0.3 is 10.8 Å². The number of aliphatic hydroxyl groups is 1. The van der Waals surface area contributed by atoms with Crippen molar-refractivity contribution in [1.82, 2.24) is 0 Å². The molecule has 2 rings (SSSR count). The molecule has 0 saturated heterocycles. The molecule has 1 aromatic carbocycles. The Hall–Kier alpha value is -0.860. The molecule has 1 aliphatic carbocycles. The van der Waals surface area contributed by atoms with Crippen LogP contribution >= 0.6 is 0 Å². The molecule has 2 heteroatoms. The van der Waals surface area contributed by atoms with Gasteiger partial charge in [0, 0.05) is 6.04 Å². The van der Waals surface area contributed by atoms with Gasteiger partial charge in [-0.3, -0.25) is 0 Å². The molecule has 2 unspecified atom stereocenters. The molecule has 3 N–H and O–H groups in total. The molecule has 0 amide bonds. The van der Waals surface area contributed by atoms with E-state index in [-0.39, 0.29) is 6.04 Å². The van der Waals surface area contributed by atoms with E-state index in [1.807, 2.05) is 12.1 Å². The van der Waals surface area contributed by atoms with Crippen molar-refractivity contribution in [3.63, 3.8) is 0 Å². The summed E-state index contributed by atoms with van der Waals surface area (Å²) >= 11 is 0. The molecule has 1 aliphatic rings. The smallest absolute Gasteiger partial charge is 0.0912 e. The molecular formula is C14H21NO. The maximum atomic E-state index is 10.5. The molecule has 0 aliphatic heterocycles. The highest BCUT2D eigenvalue weighted by molar-refractivity contribution is 5.29. The second-order valence-corrected chi connectivity index (χ2v) is 4.98. The minimum Gasteiger partial charge on any atom is -0.385 e. The lowest BCUT2D eigenvalue weighted by Crippen LogP contribution is -2.25. The van der Waals surface area contributed by atoms with Crippen molar-refractivity contribution >= 4 is 0 Å². The minimum atomic E-state index is -0.677. The predicted octanol–water partition coefficient (Wildman–Crippen LogP) is 2.34. The third kappa shape index (κ3) is 2.28. The third-order valence-electron chi connectivity index (χ3n) is 3.53. The van der Waals surface area contributed by atoms with E-state index in [9.17, 15) is 5.11 Å². The van der Waals surface area contributed by atoms with Gasteiger partial charge in [-0.25, -0.2) is 0 Å².